The number of benzene rings is 1. The van der Waals surface area contributed by atoms with Crippen LogP contribution in [0.15, 0.2) is 22.7 Å². The third kappa shape index (κ3) is 1.55. The second-order valence-corrected chi connectivity index (χ2v) is 4.24. The number of nitrogens with one attached hydrogen (secondary N) is 1. The van der Waals surface area contributed by atoms with Crippen LogP contribution in [0.2, 0.25) is 0 Å². The highest BCUT2D eigenvalue weighted by Gasteiger charge is 2.17. The van der Waals surface area contributed by atoms with Gasteiger partial charge in [-0.15, -0.1) is 0 Å². The van der Waals surface area contributed by atoms with E-state index in [-0.39, 0.29) is 0 Å². The molecule has 1 aromatic heterocycles. The number of hydrogen-bond acceptors (Lipinski definition) is 4. The van der Waals surface area contributed by atoms with E-state index in [1.807, 2.05) is 6.07 Å². The number of fused-ring (bicyclic) bond motifs is 1. The molecule has 0 unspecified atom stereocenters. The fraction of sp³-hybridized carbons (Fsp3) is 0.417. The molecular formula is C12H15N3O. The van der Waals surface area contributed by atoms with Crippen LogP contribution in [0, 0.1) is 6.92 Å². The fourth-order valence-electron chi connectivity index (χ4n) is 2.14. The van der Waals surface area contributed by atoms with Crippen LogP contribution >= 0.6 is 0 Å². The molecule has 0 amide bonds. The molecule has 1 aliphatic heterocycles. The molecule has 2 heterocycles. The van der Waals surface area contributed by atoms with Crippen molar-refractivity contribution in [1.29, 1.82) is 0 Å². The highest BCUT2D eigenvalue weighted by atomic mass is 16.5. The van der Waals surface area contributed by atoms with Crippen molar-refractivity contribution >= 4 is 16.8 Å². The van der Waals surface area contributed by atoms with E-state index >= 15 is 0 Å². The van der Waals surface area contributed by atoms with Crippen LogP contribution in [0.25, 0.3) is 11.0 Å². The Hall–Kier alpha value is -1.55. The zero-order valence-corrected chi connectivity index (χ0v) is 9.36. The van der Waals surface area contributed by atoms with Crippen LogP contribution in [0.1, 0.15) is 5.56 Å². The van der Waals surface area contributed by atoms with Gasteiger partial charge in [-0.3, -0.25) is 0 Å². The molecule has 2 aromatic rings. The van der Waals surface area contributed by atoms with Crippen LogP contribution in [-0.2, 0) is 0 Å². The molecule has 0 bridgehead atoms. The average molecular weight is 217 g/mol. The minimum atomic E-state index is 0.883. The van der Waals surface area contributed by atoms with Gasteiger partial charge in [0.15, 0.2) is 11.4 Å². The molecule has 16 heavy (non-hydrogen) atoms. The van der Waals surface area contributed by atoms with Gasteiger partial charge < -0.3 is 14.7 Å². The lowest BCUT2D eigenvalue weighted by Crippen LogP contribution is -2.43. The summed E-state index contributed by atoms with van der Waals surface area (Å²) in [5.74, 6) is 0.983. The van der Waals surface area contributed by atoms with E-state index < -0.39 is 0 Å². The maximum absolute atomic E-state index is 5.37. The van der Waals surface area contributed by atoms with Gasteiger partial charge in [-0.05, 0) is 24.6 Å². The molecule has 0 radical (unpaired) electrons. The number of anilines is 1. The first-order valence-corrected chi connectivity index (χ1v) is 5.66. The van der Waals surface area contributed by atoms with Gasteiger partial charge in [0.1, 0.15) is 0 Å². The van der Waals surface area contributed by atoms with Crippen LogP contribution in [0.3, 0.4) is 0 Å². The Kier molecular flexibility index (Phi) is 2.29. The van der Waals surface area contributed by atoms with E-state index in [2.05, 4.69) is 34.4 Å². The molecule has 1 saturated heterocycles. The Balaban J connectivity index is 2.03. The molecule has 1 fully saturated rings. The Morgan fingerprint density at radius 2 is 2.12 bits per heavy atom. The van der Waals surface area contributed by atoms with Gasteiger partial charge in [-0.1, -0.05) is 11.2 Å². The normalized spacial score (nSPS) is 16.9. The first kappa shape index (κ1) is 9.66. The Labute approximate surface area is 94.2 Å². The third-order valence-corrected chi connectivity index (χ3v) is 3.03. The molecule has 0 saturated carbocycles. The van der Waals surface area contributed by atoms with Gasteiger partial charge >= 0.3 is 0 Å². The largest absolute Gasteiger partial charge is 0.354 e. The average Bonchev–Trinajstić information content (AvgIpc) is 2.73. The topological polar surface area (TPSA) is 41.3 Å². The van der Waals surface area contributed by atoms with E-state index in [1.54, 1.807) is 0 Å². The summed E-state index contributed by atoms with van der Waals surface area (Å²) in [4.78, 5) is 2.28. The maximum Gasteiger partial charge on any atom is 0.180 e. The van der Waals surface area contributed by atoms with Gasteiger partial charge in [0, 0.05) is 26.2 Å². The van der Waals surface area contributed by atoms with Crippen LogP contribution < -0.4 is 10.2 Å². The summed E-state index contributed by atoms with van der Waals surface area (Å²) in [6.07, 6.45) is 0. The molecule has 1 aliphatic rings. The lowest BCUT2D eigenvalue weighted by Gasteiger charge is -2.26. The molecule has 4 heteroatoms. The number of rotatable bonds is 1. The molecule has 84 valence electrons. The molecule has 1 aromatic carbocycles. The Morgan fingerprint density at radius 3 is 2.94 bits per heavy atom. The highest BCUT2D eigenvalue weighted by molar-refractivity contribution is 5.89. The number of hydrogen-bond donors (Lipinski definition) is 1. The number of nitrogens with zero attached hydrogens (tertiary/aromatic N) is 2. The first-order valence-electron chi connectivity index (χ1n) is 5.66. The highest BCUT2D eigenvalue weighted by Crippen LogP contribution is 2.26. The van der Waals surface area contributed by atoms with Crippen molar-refractivity contribution in [3.05, 3.63) is 23.8 Å². The second-order valence-electron chi connectivity index (χ2n) is 4.24. The molecular weight excluding hydrogens is 202 g/mol. The van der Waals surface area contributed by atoms with Crippen molar-refractivity contribution in [1.82, 2.24) is 10.5 Å². The van der Waals surface area contributed by atoms with Crippen molar-refractivity contribution in [2.75, 3.05) is 31.1 Å². The van der Waals surface area contributed by atoms with E-state index in [0.717, 1.165) is 43.0 Å². The monoisotopic (exact) mass is 217 g/mol. The summed E-state index contributed by atoms with van der Waals surface area (Å²) in [6.45, 7) is 6.08. The Morgan fingerprint density at radius 1 is 1.31 bits per heavy atom. The predicted molar refractivity (Wildman–Crippen MR) is 63.8 cm³/mol. The summed E-state index contributed by atoms with van der Waals surface area (Å²) in [5, 5.41) is 8.64. The van der Waals surface area contributed by atoms with Gasteiger partial charge in [0.2, 0.25) is 0 Å². The smallest absolute Gasteiger partial charge is 0.180 e. The molecule has 0 aliphatic carbocycles. The van der Waals surface area contributed by atoms with Crippen LogP contribution in [-0.4, -0.2) is 31.3 Å². The van der Waals surface area contributed by atoms with E-state index in [1.165, 1.54) is 5.56 Å². The van der Waals surface area contributed by atoms with Gasteiger partial charge in [-0.25, -0.2) is 0 Å². The van der Waals surface area contributed by atoms with E-state index in [4.69, 9.17) is 4.52 Å². The fourth-order valence-corrected chi connectivity index (χ4v) is 2.14. The molecule has 1 N–H and O–H groups in total. The van der Waals surface area contributed by atoms with Gasteiger partial charge in [-0.2, -0.15) is 0 Å². The standard InChI is InChI=1S/C12H15N3O/c1-9-2-3-10-11(8-9)16-14-12(10)15-6-4-13-5-7-15/h2-3,8,13H,4-7H2,1H3. The van der Waals surface area contributed by atoms with Crippen molar-refractivity contribution in [3.63, 3.8) is 0 Å². The van der Waals surface area contributed by atoms with Gasteiger partial charge in [0.25, 0.3) is 0 Å². The predicted octanol–water partition coefficient (Wildman–Crippen LogP) is 1.55. The van der Waals surface area contributed by atoms with E-state index in [9.17, 15) is 0 Å². The Bertz CT molecular complexity index is 500. The minimum Gasteiger partial charge on any atom is -0.354 e. The zero-order valence-electron chi connectivity index (χ0n) is 9.36. The van der Waals surface area contributed by atoms with Gasteiger partial charge in [0.05, 0.1) is 5.39 Å². The zero-order chi connectivity index (χ0) is 11.0. The minimum absolute atomic E-state index is 0.883. The number of aromatic nitrogens is 1. The second kappa shape index (κ2) is 3.79. The number of piperazine rings is 1. The summed E-state index contributed by atoms with van der Waals surface area (Å²) < 4.78 is 5.37. The first-order chi connectivity index (χ1) is 7.84. The van der Waals surface area contributed by atoms with Crippen LogP contribution in [0.4, 0.5) is 5.82 Å². The summed E-state index contributed by atoms with van der Waals surface area (Å²) in [5.41, 5.74) is 2.09. The molecule has 3 rings (SSSR count). The van der Waals surface area contributed by atoms with Crippen molar-refractivity contribution in [2.45, 2.75) is 6.92 Å². The molecule has 0 spiro atoms. The molecule has 4 nitrogen and oxygen atoms in total. The SMILES string of the molecule is Cc1ccc2c(N3CCNCC3)noc2c1. The van der Waals surface area contributed by atoms with Crippen molar-refractivity contribution in [2.24, 2.45) is 0 Å². The summed E-state index contributed by atoms with van der Waals surface area (Å²) in [7, 11) is 0. The van der Waals surface area contributed by atoms with Crippen molar-refractivity contribution < 1.29 is 4.52 Å². The quantitative estimate of drug-likeness (QED) is 0.786. The van der Waals surface area contributed by atoms with Crippen molar-refractivity contribution in [3.8, 4) is 0 Å². The maximum atomic E-state index is 5.37. The van der Waals surface area contributed by atoms with Crippen LogP contribution in [0.5, 0.6) is 0 Å². The molecule has 0 atom stereocenters. The third-order valence-electron chi connectivity index (χ3n) is 3.03. The van der Waals surface area contributed by atoms with E-state index in [0.29, 0.717) is 0 Å². The summed E-state index contributed by atoms with van der Waals surface area (Å²) in [6, 6.07) is 6.23. The number of aryl methyl sites for hydroxylation is 1. The lowest BCUT2D eigenvalue weighted by molar-refractivity contribution is 0.451. The lowest BCUT2D eigenvalue weighted by atomic mass is 10.2. The summed E-state index contributed by atoms with van der Waals surface area (Å²) >= 11 is 0.